The van der Waals surface area contributed by atoms with Crippen LogP contribution in [0.15, 0.2) is 30.3 Å². The van der Waals surface area contributed by atoms with Gasteiger partial charge in [0, 0.05) is 6.42 Å². The molecular formula is C13H17O. The van der Waals surface area contributed by atoms with Crippen molar-refractivity contribution in [3.63, 3.8) is 0 Å². The van der Waals surface area contributed by atoms with Gasteiger partial charge >= 0.3 is 0 Å². The van der Waals surface area contributed by atoms with Crippen LogP contribution in [0, 0.1) is 5.92 Å². The van der Waals surface area contributed by atoms with E-state index in [4.69, 9.17) is 0 Å². The third-order valence-corrected chi connectivity index (χ3v) is 2.86. The Morgan fingerprint density at radius 3 is 2.43 bits per heavy atom. The summed E-state index contributed by atoms with van der Waals surface area (Å²) in [5.74, 6) is 0.873. The molecule has 0 aliphatic carbocycles. The number of benzene rings is 1. The highest BCUT2D eigenvalue weighted by Gasteiger charge is 2.17. The van der Waals surface area contributed by atoms with E-state index >= 15 is 0 Å². The Balaban J connectivity index is 2.82. The highest BCUT2D eigenvalue weighted by molar-refractivity contribution is 5.52. The average Bonchev–Trinajstić information content (AvgIpc) is 2.26. The van der Waals surface area contributed by atoms with Crippen molar-refractivity contribution in [2.45, 2.75) is 32.6 Å². The predicted octanol–water partition coefficient (Wildman–Crippen LogP) is 3.32. The molecule has 0 heterocycles. The van der Waals surface area contributed by atoms with Gasteiger partial charge in [-0.25, -0.2) is 0 Å². The summed E-state index contributed by atoms with van der Waals surface area (Å²) in [7, 11) is 0. The molecule has 14 heavy (non-hydrogen) atoms. The van der Waals surface area contributed by atoms with E-state index < -0.39 is 0 Å². The van der Waals surface area contributed by atoms with Crippen molar-refractivity contribution in [3.05, 3.63) is 35.9 Å². The first-order valence-corrected chi connectivity index (χ1v) is 5.19. The summed E-state index contributed by atoms with van der Waals surface area (Å²) in [6, 6.07) is 10.2. The largest absolute Gasteiger partial charge is 0.291 e. The van der Waals surface area contributed by atoms with Crippen molar-refractivity contribution >= 4 is 6.29 Å². The molecule has 0 fully saturated rings. The molecule has 0 amide bonds. The zero-order valence-corrected chi connectivity index (χ0v) is 8.86. The Hall–Kier alpha value is -1.11. The summed E-state index contributed by atoms with van der Waals surface area (Å²) in [6.45, 7) is 4.35. The third-order valence-electron chi connectivity index (χ3n) is 2.86. The number of carbonyl (C=O) groups excluding carboxylic acids is 1. The van der Waals surface area contributed by atoms with Gasteiger partial charge in [-0.3, -0.25) is 4.79 Å². The van der Waals surface area contributed by atoms with E-state index in [-0.39, 0.29) is 0 Å². The highest BCUT2D eigenvalue weighted by Crippen LogP contribution is 2.28. The summed E-state index contributed by atoms with van der Waals surface area (Å²) in [5.41, 5.74) is 1.25. The van der Waals surface area contributed by atoms with E-state index in [1.54, 1.807) is 0 Å². The van der Waals surface area contributed by atoms with Crippen molar-refractivity contribution < 1.29 is 4.79 Å². The summed E-state index contributed by atoms with van der Waals surface area (Å²) in [6.07, 6.45) is 3.64. The first-order chi connectivity index (χ1) is 6.79. The van der Waals surface area contributed by atoms with Crippen molar-refractivity contribution in [1.29, 1.82) is 0 Å². The lowest BCUT2D eigenvalue weighted by molar-refractivity contribution is 0.443. The molecule has 75 valence electrons. The second-order valence-electron chi connectivity index (χ2n) is 3.75. The molecule has 1 nitrogen and oxygen atoms in total. The smallest absolute Gasteiger partial charge is 0.199 e. The van der Waals surface area contributed by atoms with E-state index in [0.29, 0.717) is 18.3 Å². The van der Waals surface area contributed by atoms with Crippen LogP contribution in [0.5, 0.6) is 0 Å². The zero-order chi connectivity index (χ0) is 10.4. The van der Waals surface area contributed by atoms with Crippen LogP contribution in [0.4, 0.5) is 0 Å². The minimum absolute atomic E-state index is 0.332. The number of hydrogen-bond acceptors (Lipinski definition) is 1. The van der Waals surface area contributed by atoms with E-state index in [1.807, 2.05) is 24.5 Å². The second-order valence-corrected chi connectivity index (χ2v) is 3.75. The molecule has 0 spiro atoms. The lowest BCUT2D eigenvalue weighted by Gasteiger charge is -2.20. The molecule has 0 aliphatic rings. The summed E-state index contributed by atoms with van der Waals surface area (Å²) >= 11 is 0. The van der Waals surface area contributed by atoms with Gasteiger partial charge in [0.05, 0.1) is 0 Å². The molecule has 0 bridgehead atoms. The minimum atomic E-state index is 0.332. The topological polar surface area (TPSA) is 17.1 Å². The van der Waals surface area contributed by atoms with E-state index in [2.05, 4.69) is 26.0 Å². The van der Waals surface area contributed by atoms with Crippen LogP contribution in [0.1, 0.15) is 38.2 Å². The summed E-state index contributed by atoms with van der Waals surface area (Å²) in [5, 5.41) is 0. The van der Waals surface area contributed by atoms with E-state index in [0.717, 1.165) is 6.42 Å². The fraction of sp³-hybridized carbons (Fsp3) is 0.462. The van der Waals surface area contributed by atoms with Gasteiger partial charge in [0.25, 0.3) is 0 Å². The standard InChI is InChI=1S/C13H17O/c1-3-11(2)13(9-10-14)12-7-5-4-6-8-12/h4-8,11,13H,3,9H2,1-2H3. The van der Waals surface area contributed by atoms with Gasteiger partial charge in [-0.05, 0) is 17.4 Å². The molecule has 0 saturated heterocycles. The fourth-order valence-electron chi connectivity index (χ4n) is 1.72. The molecule has 1 radical (unpaired) electrons. The molecule has 0 saturated carbocycles. The molecule has 0 aromatic heterocycles. The van der Waals surface area contributed by atoms with Gasteiger partial charge in [-0.2, -0.15) is 0 Å². The summed E-state index contributed by atoms with van der Waals surface area (Å²) < 4.78 is 0. The lowest BCUT2D eigenvalue weighted by atomic mass is 9.84. The van der Waals surface area contributed by atoms with Crippen molar-refractivity contribution in [1.82, 2.24) is 0 Å². The second kappa shape index (κ2) is 5.58. The van der Waals surface area contributed by atoms with Gasteiger partial charge in [0.1, 0.15) is 0 Å². The maximum Gasteiger partial charge on any atom is 0.199 e. The number of hydrogen-bond donors (Lipinski definition) is 0. The Labute approximate surface area is 86.1 Å². The van der Waals surface area contributed by atoms with Crippen LogP contribution < -0.4 is 0 Å². The van der Waals surface area contributed by atoms with Crippen molar-refractivity contribution in [3.8, 4) is 0 Å². The van der Waals surface area contributed by atoms with E-state index in [1.165, 1.54) is 5.56 Å². The number of rotatable bonds is 5. The SMILES string of the molecule is CCC(C)C(C[C]=O)c1ccccc1. The molecule has 1 rings (SSSR count). The maximum absolute atomic E-state index is 10.5. The van der Waals surface area contributed by atoms with Crippen molar-refractivity contribution in [2.24, 2.45) is 5.92 Å². The van der Waals surface area contributed by atoms with Crippen LogP contribution in [0.2, 0.25) is 0 Å². The lowest BCUT2D eigenvalue weighted by Crippen LogP contribution is -2.09. The fourth-order valence-corrected chi connectivity index (χ4v) is 1.72. The Morgan fingerprint density at radius 1 is 1.29 bits per heavy atom. The summed E-state index contributed by atoms with van der Waals surface area (Å²) in [4.78, 5) is 10.5. The zero-order valence-electron chi connectivity index (χ0n) is 8.86. The Morgan fingerprint density at radius 2 is 1.93 bits per heavy atom. The van der Waals surface area contributed by atoms with E-state index in [9.17, 15) is 4.79 Å². The first-order valence-electron chi connectivity index (χ1n) is 5.19. The van der Waals surface area contributed by atoms with Crippen LogP contribution in [0.3, 0.4) is 0 Å². The average molecular weight is 189 g/mol. The van der Waals surface area contributed by atoms with Gasteiger partial charge in [-0.15, -0.1) is 0 Å². The molecule has 2 atom stereocenters. The van der Waals surface area contributed by atoms with Gasteiger partial charge in [0.2, 0.25) is 0 Å². The van der Waals surface area contributed by atoms with Crippen LogP contribution in [-0.4, -0.2) is 6.29 Å². The quantitative estimate of drug-likeness (QED) is 0.694. The molecule has 1 heteroatoms. The molecular weight excluding hydrogens is 172 g/mol. The van der Waals surface area contributed by atoms with Gasteiger partial charge in [0.15, 0.2) is 6.29 Å². The van der Waals surface area contributed by atoms with Crippen LogP contribution in [0.25, 0.3) is 0 Å². The predicted molar refractivity (Wildman–Crippen MR) is 58.9 cm³/mol. The molecule has 1 aromatic rings. The molecule has 0 aliphatic heterocycles. The Bertz CT molecular complexity index is 266. The monoisotopic (exact) mass is 189 g/mol. The third kappa shape index (κ3) is 2.69. The first kappa shape index (κ1) is 11.0. The van der Waals surface area contributed by atoms with Crippen LogP contribution >= 0.6 is 0 Å². The van der Waals surface area contributed by atoms with Crippen LogP contribution in [-0.2, 0) is 4.79 Å². The molecule has 1 aromatic carbocycles. The molecule has 2 unspecified atom stereocenters. The Kier molecular flexibility index (Phi) is 4.37. The molecule has 0 N–H and O–H groups in total. The van der Waals surface area contributed by atoms with Crippen molar-refractivity contribution in [2.75, 3.05) is 0 Å². The normalized spacial score (nSPS) is 14.7. The maximum atomic E-state index is 10.5. The van der Waals surface area contributed by atoms with Gasteiger partial charge < -0.3 is 0 Å². The highest BCUT2D eigenvalue weighted by atomic mass is 16.1. The van der Waals surface area contributed by atoms with Gasteiger partial charge in [-0.1, -0.05) is 50.6 Å². The minimum Gasteiger partial charge on any atom is -0.291 e.